The topological polar surface area (TPSA) is 143 Å². The fraction of sp³-hybridized carbons (Fsp3) is 0.280. The van der Waals surface area contributed by atoms with Gasteiger partial charge < -0.3 is 44.5 Å². The fourth-order valence-electron chi connectivity index (χ4n) is 13.9. The summed E-state index contributed by atoms with van der Waals surface area (Å²) in [5.74, 6) is 2.63. The number of anilines is 6. The van der Waals surface area contributed by atoms with Gasteiger partial charge in [-0.25, -0.2) is 14.0 Å². The molecule has 6 aliphatic heterocycles. The highest BCUT2D eigenvalue weighted by Crippen LogP contribution is 2.46. The minimum absolute atomic E-state index is 0.00857. The number of allylic oxidation sites excluding steroid dienone is 3. The van der Waals surface area contributed by atoms with Crippen molar-refractivity contribution in [2.75, 3.05) is 127 Å². The number of nitrogens with zero attached hydrogens (tertiary/aromatic N) is 14. The number of hydrogen-bond acceptors (Lipinski definition) is 12. The molecular weight excluding hydrogens is 1500 g/mol. The summed E-state index contributed by atoms with van der Waals surface area (Å²) in [4.78, 5) is 60.5. The first-order valence-corrected chi connectivity index (χ1v) is 37.4. The second-order valence-corrected chi connectivity index (χ2v) is 27.0. The molecule has 3 saturated heterocycles. The molecule has 0 bridgehead atoms. The molecule has 0 saturated carbocycles. The number of amides is 3. The molecule has 3 unspecified atom stereocenters. The van der Waals surface area contributed by atoms with Crippen LogP contribution in [0, 0.1) is 0 Å². The van der Waals surface area contributed by atoms with E-state index in [1.807, 2.05) is 183 Å². The van der Waals surface area contributed by atoms with Crippen molar-refractivity contribution in [1.82, 2.24) is 44.0 Å². The quantitative estimate of drug-likeness (QED) is 0.109. The number of aromatic nitrogens is 6. The van der Waals surface area contributed by atoms with Crippen molar-refractivity contribution in [3.8, 4) is 0 Å². The molecular formula is C75H76Cl6IN15O3. The van der Waals surface area contributed by atoms with Crippen LogP contribution in [0.5, 0.6) is 0 Å². The standard InChI is InChI=1S/2C25H25Cl2N5O.C24H23Cl2N5O.CH3I/c2*1-17-22(25(33)31-15-13-30(14-16-31)18-7-4-3-5-8-18)24(19-9-6-10-20(26)23(19)27)32-21(29(17)2)11-12-28-32;1-16-21(24(32)30-14-12-29(13-15-30)17-6-3-2-4-7-17)23(31-20(28-16)10-11-27-31)18-8-5-9-19(25)22(18)26;1-2/h2*3-12,24H,13-16H2,1-2H3;2-11,23,28H,12-15H2,1H3;1H3. The van der Waals surface area contributed by atoms with E-state index in [9.17, 15) is 14.4 Å². The molecule has 18 nitrogen and oxygen atoms in total. The smallest absolute Gasteiger partial charge is 0.254 e. The van der Waals surface area contributed by atoms with E-state index in [0.29, 0.717) is 86.1 Å². The number of hydrogen-bond donors (Lipinski definition) is 1. The Labute approximate surface area is 627 Å². The Balaban J connectivity index is 0.000000140. The van der Waals surface area contributed by atoms with Crippen molar-refractivity contribution in [3.63, 3.8) is 0 Å². The van der Waals surface area contributed by atoms with Gasteiger partial charge >= 0.3 is 0 Å². The molecule has 100 heavy (non-hydrogen) atoms. The minimum Gasteiger partial charge on any atom is -0.368 e. The van der Waals surface area contributed by atoms with Gasteiger partial charge in [0.25, 0.3) is 17.7 Å². The van der Waals surface area contributed by atoms with Crippen LogP contribution in [-0.2, 0) is 14.4 Å². The molecule has 6 aliphatic rings. The Morgan fingerprint density at radius 3 is 1.02 bits per heavy atom. The normalized spacial score (nSPS) is 18.2. The Kier molecular flexibility index (Phi) is 22.8. The van der Waals surface area contributed by atoms with E-state index in [1.165, 1.54) is 17.1 Å². The summed E-state index contributed by atoms with van der Waals surface area (Å²) < 4.78 is 5.52. The third-order valence-corrected chi connectivity index (χ3v) is 21.8. The van der Waals surface area contributed by atoms with Crippen LogP contribution in [0.4, 0.5) is 34.5 Å². The van der Waals surface area contributed by atoms with Gasteiger partial charge in [0.2, 0.25) is 0 Å². The summed E-state index contributed by atoms with van der Waals surface area (Å²) in [5.41, 5.74) is 10.4. The third kappa shape index (κ3) is 14.4. The maximum Gasteiger partial charge on any atom is 0.254 e. The number of rotatable bonds is 9. The molecule has 9 aromatic rings. The SMILES string of the molecule is CC1=C(C(=O)N2CCN(c3ccccc3)CC2)C(c2cccc(Cl)c2Cl)n2nccc2N1.CC1=C(C(=O)N2CCN(c3ccccc3)CC2)C(c2cccc(Cl)c2Cl)n2nccc2N1C.CC1=C(C(=O)N2CCN(c3ccccc3)CC2)C(c2cccc(Cl)c2Cl)n2nccc2N1C.CI. The summed E-state index contributed by atoms with van der Waals surface area (Å²) >= 11 is 41.1. The van der Waals surface area contributed by atoms with Crippen LogP contribution in [0.25, 0.3) is 0 Å². The molecule has 0 aliphatic carbocycles. The van der Waals surface area contributed by atoms with Crippen LogP contribution in [0.3, 0.4) is 0 Å². The summed E-state index contributed by atoms with van der Waals surface area (Å²) in [6, 6.07) is 51.9. The molecule has 0 radical (unpaired) electrons. The van der Waals surface area contributed by atoms with Crippen molar-refractivity contribution >= 4 is 144 Å². The lowest BCUT2D eigenvalue weighted by Crippen LogP contribution is -2.50. The van der Waals surface area contributed by atoms with Crippen LogP contribution in [0.1, 0.15) is 55.6 Å². The largest absolute Gasteiger partial charge is 0.368 e. The average Bonchev–Trinajstić information content (AvgIpc) is 1.34. The first-order chi connectivity index (χ1) is 48.5. The van der Waals surface area contributed by atoms with Gasteiger partial charge in [0.15, 0.2) is 0 Å². The van der Waals surface area contributed by atoms with Gasteiger partial charge in [-0.05, 0) is 80.3 Å². The molecule has 9 heterocycles. The number of para-hydroxylation sites is 3. The Bertz CT molecular complexity index is 4330. The zero-order valence-electron chi connectivity index (χ0n) is 56.2. The summed E-state index contributed by atoms with van der Waals surface area (Å²) in [6.45, 7) is 14.5. The maximum absolute atomic E-state index is 14.0. The number of benzene rings is 6. The van der Waals surface area contributed by atoms with E-state index in [2.05, 4.69) is 94.3 Å². The van der Waals surface area contributed by atoms with Gasteiger partial charge in [-0.2, -0.15) is 15.3 Å². The molecule has 3 amide bonds. The van der Waals surface area contributed by atoms with E-state index in [4.69, 9.17) is 69.6 Å². The monoisotopic (exact) mass is 1570 g/mol. The highest BCUT2D eigenvalue weighted by molar-refractivity contribution is 14.1. The maximum atomic E-state index is 14.0. The van der Waals surface area contributed by atoms with Crippen LogP contribution in [-0.4, -0.2) is 159 Å². The van der Waals surface area contributed by atoms with Gasteiger partial charge in [0.1, 0.15) is 35.6 Å². The molecule has 6 aromatic carbocycles. The first kappa shape index (κ1) is 71.7. The Hall–Kier alpha value is -8.15. The predicted octanol–water partition coefficient (Wildman–Crippen LogP) is 15.6. The lowest BCUT2D eigenvalue weighted by molar-refractivity contribution is -0.128. The zero-order valence-corrected chi connectivity index (χ0v) is 62.9. The van der Waals surface area contributed by atoms with E-state index in [0.717, 1.165) is 90.5 Å². The van der Waals surface area contributed by atoms with E-state index in [1.54, 1.807) is 41.5 Å². The van der Waals surface area contributed by atoms with Crippen molar-refractivity contribution in [1.29, 1.82) is 0 Å². The zero-order chi connectivity index (χ0) is 70.5. The molecule has 3 atom stereocenters. The van der Waals surface area contributed by atoms with Crippen molar-refractivity contribution in [2.24, 2.45) is 0 Å². The van der Waals surface area contributed by atoms with Crippen LogP contribution in [0.15, 0.2) is 216 Å². The van der Waals surface area contributed by atoms with Crippen molar-refractivity contribution in [3.05, 3.63) is 263 Å². The van der Waals surface area contributed by atoms with Crippen molar-refractivity contribution < 1.29 is 14.4 Å². The van der Waals surface area contributed by atoms with Gasteiger partial charge in [-0.15, -0.1) is 0 Å². The average molecular weight is 1580 g/mol. The number of carbonyl (C=O) groups excluding carboxylic acids is 3. The predicted molar refractivity (Wildman–Crippen MR) is 415 cm³/mol. The molecule has 518 valence electrons. The minimum atomic E-state index is -0.452. The second kappa shape index (κ2) is 31.8. The molecule has 0 spiro atoms. The van der Waals surface area contributed by atoms with Gasteiger partial charge in [0, 0.05) is 162 Å². The number of alkyl halides is 1. The Morgan fingerprint density at radius 1 is 0.380 bits per heavy atom. The summed E-state index contributed by atoms with van der Waals surface area (Å²) in [5, 5.41) is 19.6. The van der Waals surface area contributed by atoms with Gasteiger partial charge in [0.05, 0.1) is 65.4 Å². The van der Waals surface area contributed by atoms with Crippen LogP contribution < -0.4 is 29.8 Å². The number of halogens is 7. The van der Waals surface area contributed by atoms with Crippen LogP contribution >= 0.6 is 92.2 Å². The number of nitrogens with one attached hydrogen (secondary N) is 1. The lowest BCUT2D eigenvalue weighted by Gasteiger charge is -2.40. The van der Waals surface area contributed by atoms with Crippen molar-refractivity contribution in [2.45, 2.75) is 38.9 Å². The number of carbonyl (C=O) groups is 3. The summed E-state index contributed by atoms with van der Waals surface area (Å²) in [7, 11) is 3.92. The fourth-order valence-corrected chi connectivity index (χ4v) is 15.1. The lowest BCUT2D eigenvalue weighted by atomic mass is 9.93. The Morgan fingerprint density at radius 2 is 0.680 bits per heavy atom. The number of piperazine rings is 3. The van der Waals surface area contributed by atoms with Gasteiger partial charge in [-0.1, -0.05) is 183 Å². The van der Waals surface area contributed by atoms with E-state index >= 15 is 0 Å². The molecule has 3 fully saturated rings. The second-order valence-electron chi connectivity index (χ2n) is 24.7. The first-order valence-electron chi connectivity index (χ1n) is 32.9. The third-order valence-electron chi connectivity index (χ3n) is 19.3. The van der Waals surface area contributed by atoms with Gasteiger partial charge in [-0.3, -0.25) is 14.4 Å². The van der Waals surface area contributed by atoms with E-state index in [-0.39, 0.29) is 17.7 Å². The summed E-state index contributed by atoms with van der Waals surface area (Å²) in [6.07, 6.45) is 5.21. The highest BCUT2D eigenvalue weighted by Gasteiger charge is 2.42. The highest BCUT2D eigenvalue weighted by atomic mass is 127. The van der Waals surface area contributed by atoms with Crippen LogP contribution in [0.2, 0.25) is 30.1 Å². The van der Waals surface area contributed by atoms with E-state index < -0.39 is 18.1 Å². The molecule has 15 rings (SSSR count). The molecule has 25 heteroatoms. The number of fused-ring (bicyclic) bond motifs is 3. The molecule has 1 N–H and O–H groups in total. The molecule has 3 aromatic heterocycles.